The van der Waals surface area contributed by atoms with Gasteiger partial charge in [0.05, 0.1) is 17.4 Å². The third-order valence-electron chi connectivity index (χ3n) is 4.27. The Labute approximate surface area is 128 Å². The van der Waals surface area contributed by atoms with Gasteiger partial charge in [-0.15, -0.1) is 0 Å². The van der Waals surface area contributed by atoms with E-state index in [0.29, 0.717) is 0 Å². The van der Waals surface area contributed by atoms with Gasteiger partial charge < -0.3 is 14.8 Å². The molecule has 4 heteroatoms. The number of aryl methyl sites for hydroxylation is 2. The van der Waals surface area contributed by atoms with Gasteiger partial charge in [0, 0.05) is 26.2 Å². The summed E-state index contributed by atoms with van der Waals surface area (Å²) in [6.45, 7) is 15.1. The smallest absolute Gasteiger partial charge is 0.0958 e. The quantitative estimate of drug-likeness (QED) is 0.758. The number of likely N-dealkylation sites (N-methyl/N-ethyl adjacent to an activating group) is 1. The third-order valence-corrected chi connectivity index (χ3v) is 4.27. The Morgan fingerprint density at radius 1 is 1.10 bits per heavy atom. The first-order valence-corrected chi connectivity index (χ1v) is 8.00. The minimum Gasteiger partial charge on any atom is -0.329 e. The Morgan fingerprint density at radius 2 is 1.81 bits per heavy atom. The summed E-state index contributed by atoms with van der Waals surface area (Å²) in [6, 6.07) is 4.42. The highest BCUT2D eigenvalue weighted by Crippen LogP contribution is 2.18. The molecule has 0 bridgehead atoms. The highest BCUT2D eigenvalue weighted by atomic mass is 15.1. The summed E-state index contributed by atoms with van der Waals surface area (Å²) in [6.07, 6.45) is 1.95. The predicted molar refractivity (Wildman–Crippen MR) is 89.9 cm³/mol. The molecule has 0 aliphatic rings. The van der Waals surface area contributed by atoms with Crippen LogP contribution in [0.2, 0.25) is 0 Å². The molecule has 1 aromatic heterocycles. The van der Waals surface area contributed by atoms with E-state index in [1.165, 1.54) is 16.6 Å². The van der Waals surface area contributed by atoms with E-state index in [-0.39, 0.29) is 0 Å². The Morgan fingerprint density at radius 3 is 2.52 bits per heavy atom. The maximum absolute atomic E-state index is 4.50. The number of nitrogens with one attached hydrogen (secondary N) is 1. The van der Waals surface area contributed by atoms with Crippen molar-refractivity contribution in [1.29, 1.82) is 0 Å². The first-order chi connectivity index (χ1) is 10.2. The van der Waals surface area contributed by atoms with E-state index in [9.17, 15) is 0 Å². The zero-order chi connectivity index (χ0) is 15.2. The lowest BCUT2D eigenvalue weighted by Crippen LogP contribution is -2.33. The van der Waals surface area contributed by atoms with E-state index in [2.05, 4.69) is 59.6 Å². The van der Waals surface area contributed by atoms with Crippen LogP contribution in [0.15, 0.2) is 18.5 Å². The van der Waals surface area contributed by atoms with Gasteiger partial charge in [0.25, 0.3) is 0 Å². The fourth-order valence-corrected chi connectivity index (χ4v) is 2.59. The average molecular weight is 288 g/mol. The van der Waals surface area contributed by atoms with Crippen molar-refractivity contribution in [3.63, 3.8) is 0 Å². The number of rotatable bonds is 8. The van der Waals surface area contributed by atoms with E-state index < -0.39 is 0 Å². The van der Waals surface area contributed by atoms with E-state index in [1.54, 1.807) is 0 Å². The van der Waals surface area contributed by atoms with Gasteiger partial charge in [-0.25, -0.2) is 4.98 Å². The highest BCUT2D eigenvalue weighted by molar-refractivity contribution is 5.77. The molecule has 116 valence electrons. The molecule has 0 spiro atoms. The zero-order valence-electron chi connectivity index (χ0n) is 13.8. The van der Waals surface area contributed by atoms with Crippen LogP contribution in [0.3, 0.4) is 0 Å². The van der Waals surface area contributed by atoms with Gasteiger partial charge in [-0.2, -0.15) is 0 Å². The van der Waals surface area contributed by atoms with Gasteiger partial charge in [-0.3, -0.25) is 0 Å². The van der Waals surface area contributed by atoms with Gasteiger partial charge in [-0.1, -0.05) is 13.8 Å². The molecule has 0 unspecified atom stereocenters. The number of aromatic nitrogens is 2. The molecule has 0 fully saturated rings. The Kier molecular flexibility index (Phi) is 5.76. The summed E-state index contributed by atoms with van der Waals surface area (Å²) < 4.78 is 2.24. The van der Waals surface area contributed by atoms with Crippen LogP contribution in [-0.2, 0) is 6.54 Å². The highest BCUT2D eigenvalue weighted by Gasteiger charge is 2.04. The largest absolute Gasteiger partial charge is 0.329 e. The molecule has 1 N–H and O–H groups in total. The SMILES string of the molecule is CCN(CC)CCNCCn1cnc2cc(C)c(C)cc21. The molecule has 0 saturated heterocycles. The van der Waals surface area contributed by atoms with Crippen LogP contribution >= 0.6 is 0 Å². The summed E-state index contributed by atoms with van der Waals surface area (Å²) in [4.78, 5) is 6.94. The van der Waals surface area contributed by atoms with Crippen LogP contribution in [0.1, 0.15) is 25.0 Å². The molecule has 0 amide bonds. The molecule has 0 saturated carbocycles. The van der Waals surface area contributed by atoms with E-state index in [0.717, 1.165) is 44.8 Å². The van der Waals surface area contributed by atoms with Crippen molar-refractivity contribution in [3.8, 4) is 0 Å². The number of imidazole rings is 1. The zero-order valence-corrected chi connectivity index (χ0v) is 13.8. The molecule has 4 nitrogen and oxygen atoms in total. The normalized spacial score (nSPS) is 11.7. The minimum absolute atomic E-state index is 0.969. The number of benzene rings is 1. The van der Waals surface area contributed by atoms with Crippen molar-refractivity contribution < 1.29 is 0 Å². The molecule has 0 aliphatic heterocycles. The van der Waals surface area contributed by atoms with Gasteiger partial charge >= 0.3 is 0 Å². The van der Waals surface area contributed by atoms with Crippen molar-refractivity contribution in [1.82, 2.24) is 19.8 Å². The lowest BCUT2D eigenvalue weighted by molar-refractivity contribution is 0.302. The average Bonchev–Trinajstić information content (AvgIpc) is 2.86. The maximum Gasteiger partial charge on any atom is 0.0958 e. The Balaban J connectivity index is 1.85. The second-order valence-electron chi connectivity index (χ2n) is 5.64. The Hall–Kier alpha value is -1.39. The van der Waals surface area contributed by atoms with E-state index in [4.69, 9.17) is 0 Å². The standard InChI is InChI=1S/C17H28N4/c1-5-20(6-2)9-7-18-8-10-21-13-19-16-11-14(3)15(4)12-17(16)21/h11-13,18H,5-10H2,1-4H3. The van der Waals surface area contributed by atoms with Crippen molar-refractivity contribution in [2.45, 2.75) is 34.2 Å². The lowest BCUT2D eigenvalue weighted by Gasteiger charge is -2.18. The molecule has 0 radical (unpaired) electrons. The molecule has 1 heterocycles. The molecule has 2 rings (SSSR count). The van der Waals surface area contributed by atoms with Gasteiger partial charge in [-0.05, 0) is 50.2 Å². The van der Waals surface area contributed by atoms with E-state index in [1.807, 2.05) is 6.33 Å². The van der Waals surface area contributed by atoms with Crippen molar-refractivity contribution in [3.05, 3.63) is 29.6 Å². The van der Waals surface area contributed by atoms with Crippen LogP contribution in [0, 0.1) is 13.8 Å². The summed E-state index contributed by atoms with van der Waals surface area (Å²) in [5.74, 6) is 0. The van der Waals surface area contributed by atoms with Crippen LogP contribution in [0.4, 0.5) is 0 Å². The van der Waals surface area contributed by atoms with Crippen LogP contribution in [-0.4, -0.2) is 47.2 Å². The second-order valence-corrected chi connectivity index (χ2v) is 5.64. The molecule has 21 heavy (non-hydrogen) atoms. The summed E-state index contributed by atoms with van der Waals surface area (Å²) in [7, 11) is 0. The number of hydrogen-bond donors (Lipinski definition) is 1. The third kappa shape index (κ3) is 4.05. The van der Waals surface area contributed by atoms with Crippen LogP contribution in [0.25, 0.3) is 11.0 Å². The molecule has 1 aromatic carbocycles. The first-order valence-electron chi connectivity index (χ1n) is 8.00. The monoisotopic (exact) mass is 288 g/mol. The van der Waals surface area contributed by atoms with Crippen molar-refractivity contribution in [2.24, 2.45) is 0 Å². The van der Waals surface area contributed by atoms with Crippen LogP contribution in [0.5, 0.6) is 0 Å². The topological polar surface area (TPSA) is 33.1 Å². The number of nitrogens with zero attached hydrogens (tertiary/aromatic N) is 3. The summed E-state index contributed by atoms with van der Waals surface area (Å²) in [5, 5.41) is 3.52. The van der Waals surface area contributed by atoms with Crippen molar-refractivity contribution in [2.75, 3.05) is 32.7 Å². The van der Waals surface area contributed by atoms with E-state index >= 15 is 0 Å². The molecule has 0 aliphatic carbocycles. The molecular formula is C17H28N4. The fraction of sp³-hybridized carbons (Fsp3) is 0.588. The minimum atomic E-state index is 0.969. The van der Waals surface area contributed by atoms with Gasteiger partial charge in [0.15, 0.2) is 0 Å². The lowest BCUT2D eigenvalue weighted by atomic mass is 10.1. The number of hydrogen-bond acceptors (Lipinski definition) is 3. The van der Waals surface area contributed by atoms with Crippen LogP contribution < -0.4 is 5.32 Å². The fourth-order valence-electron chi connectivity index (χ4n) is 2.59. The molecule has 2 aromatic rings. The second kappa shape index (κ2) is 7.57. The van der Waals surface area contributed by atoms with Crippen molar-refractivity contribution >= 4 is 11.0 Å². The number of fused-ring (bicyclic) bond motifs is 1. The summed E-state index contributed by atoms with van der Waals surface area (Å²) >= 11 is 0. The summed E-state index contributed by atoms with van der Waals surface area (Å²) in [5.41, 5.74) is 4.98. The predicted octanol–water partition coefficient (Wildman–Crippen LogP) is 2.58. The molecule has 0 atom stereocenters. The Bertz CT molecular complexity index is 569. The van der Waals surface area contributed by atoms with Gasteiger partial charge in [0.1, 0.15) is 0 Å². The van der Waals surface area contributed by atoms with Gasteiger partial charge in [0.2, 0.25) is 0 Å². The first kappa shape index (κ1) is 16.0. The maximum atomic E-state index is 4.50. The molecular weight excluding hydrogens is 260 g/mol.